The number of amides is 1. The minimum Gasteiger partial charge on any atom is -0.368 e. The molecule has 0 radical (unpaired) electrons. The molecule has 2 rings (SSSR count). The minimum atomic E-state index is -0.0855. The quantitative estimate of drug-likeness (QED) is 0.774. The second-order valence-corrected chi connectivity index (χ2v) is 4.54. The summed E-state index contributed by atoms with van der Waals surface area (Å²) in [5.74, 6) is -0.00409. The highest BCUT2D eigenvalue weighted by Crippen LogP contribution is 2.35. The molecule has 1 fully saturated rings. The number of carbonyl (C=O) groups excluding carboxylic acids is 1. The van der Waals surface area contributed by atoms with E-state index in [1.807, 2.05) is 0 Å². The van der Waals surface area contributed by atoms with E-state index in [9.17, 15) is 4.79 Å². The Hall–Kier alpha value is -1.11. The number of aromatic nitrogens is 2. The van der Waals surface area contributed by atoms with Crippen LogP contribution in [0.4, 0.5) is 11.6 Å². The van der Waals surface area contributed by atoms with Crippen LogP contribution in [-0.2, 0) is 4.79 Å². The first-order valence-corrected chi connectivity index (χ1v) is 5.77. The monoisotopic (exact) mass is 275 g/mol. The number of hydrogen-bond donors (Lipinski definition) is 2. The summed E-state index contributed by atoms with van der Waals surface area (Å²) in [5.41, 5.74) is 11.2. The second kappa shape index (κ2) is 4.64. The maximum Gasteiger partial charge on any atom is 0.227 e. The molecule has 0 bridgehead atoms. The van der Waals surface area contributed by atoms with Gasteiger partial charge in [-0.25, -0.2) is 0 Å². The van der Waals surface area contributed by atoms with E-state index in [0.717, 1.165) is 0 Å². The van der Waals surface area contributed by atoms with Crippen molar-refractivity contribution in [2.45, 2.75) is 6.42 Å². The fourth-order valence-corrected chi connectivity index (χ4v) is 2.40. The van der Waals surface area contributed by atoms with E-state index in [1.165, 1.54) is 4.90 Å². The molecule has 1 saturated heterocycles. The lowest BCUT2D eigenvalue weighted by Gasteiger charge is -2.18. The van der Waals surface area contributed by atoms with E-state index in [1.54, 1.807) is 0 Å². The Morgan fingerprint density at radius 1 is 1.35 bits per heavy atom. The number of halogens is 2. The Balaban J connectivity index is 2.38. The first-order chi connectivity index (χ1) is 8.02. The van der Waals surface area contributed by atoms with E-state index in [4.69, 9.17) is 34.7 Å². The van der Waals surface area contributed by atoms with Crippen molar-refractivity contribution >= 4 is 40.7 Å². The molecule has 1 aromatic rings. The van der Waals surface area contributed by atoms with Crippen molar-refractivity contribution in [3.8, 4) is 0 Å². The number of nitrogens with zero attached hydrogens (tertiary/aromatic N) is 3. The molecule has 1 aromatic heterocycles. The molecule has 1 aliphatic rings. The Bertz CT molecular complexity index is 444. The third-order valence-electron chi connectivity index (χ3n) is 2.62. The Morgan fingerprint density at radius 3 is 2.41 bits per heavy atom. The van der Waals surface area contributed by atoms with Crippen LogP contribution >= 0.6 is 23.2 Å². The highest BCUT2D eigenvalue weighted by molar-refractivity contribution is 6.38. The number of carbonyl (C=O) groups is 1. The van der Waals surface area contributed by atoms with Crippen molar-refractivity contribution < 1.29 is 4.79 Å². The maximum absolute atomic E-state index is 11.8. The van der Waals surface area contributed by atoms with Crippen LogP contribution in [0.3, 0.4) is 0 Å². The molecule has 2 heterocycles. The third kappa shape index (κ3) is 2.29. The van der Waals surface area contributed by atoms with Gasteiger partial charge in [0.05, 0.1) is 0 Å². The maximum atomic E-state index is 11.8. The lowest BCUT2D eigenvalue weighted by atomic mass is 10.1. The molecule has 1 aliphatic heterocycles. The molecule has 6 nitrogen and oxygen atoms in total. The van der Waals surface area contributed by atoms with Crippen molar-refractivity contribution in [1.29, 1.82) is 0 Å². The van der Waals surface area contributed by atoms with Crippen LogP contribution in [0, 0.1) is 5.92 Å². The lowest BCUT2D eigenvalue weighted by molar-refractivity contribution is -0.117. The average Bonchev–Trinajstić information content (AvgIpc) is 2.59. The molecule has 17 heavy (non-hydrogen) atoms. The summed E-state index contributed by atoms with van der Waals surface area (Å²) in [6, 6.07) is 0. The molecule has 0 spiro atoms. The lowest BCUT2D eigenvalue weighted by Crippen LogP contribution is -2.27. The summed E-state index contributed by atoms with van der Waals surface area (Å²) in [5, 5.41) is 0.155. The molecule has 1 unspecified atom stereocenters. The van der Waals surface area contributed by atoms with Crippen molar-refractivity contribution in [2.75, 3.05) is 23.7 Å². The zero-order valence-corrected chi connectivity index (χ0v) is 10.4. The van der Waals surface area contributed by atoms with Gasteiger partial charge in [-0.15, -0.1) is 0 Å². The Labute approximate surface area is 108 Å². The van der Waals surface area contributed by atoms with Gasteiger partial charge < -0.3 is 16.4 Å². The number of hydrogen-bond acceptors (Lipinski definition) is 5. The van der Waals surface area contributed by atoms with E-state index in [2.05, 4.69) is 9.97 Å². The van der Waals surface area contributed by atoms with Crippen LogP contribution in [0.2, 0.25) is 10.3 Å². The molecule has 1 atom stereocenters. The zero-order valence-electron chi connectivity index (χ0n) is 8.86. The summed E-state index contributed by atoms with van der Waals surface area (Å²) in [7, 11) is 0. The van der Waals surface area contributed by atoms with Crippen LogP contribution in [0.25, 0.3) is 0 Å². The minimum absolute atomic E-state index is 0.0224. The van der Waals surface area contributed by atoms with Crippen molar-refractivity contribution in [2.24, 2.45) is 11.7 Å². The van der Waals surface area contributed by atoms with Crippen LogP contribution in [0.5, 0.6) is 0 Å². The Kier molecular flexibility index (Phi) is 3.37. The number of nitrogens with two attached hydrogens (primary N) is 2. The summed E-state index contributed by atoms with van der Waals surface area (Å²) >= 11 is 11.9. The summed E-state index contributed by atoms with van der Waals surface area (Å²) < 4.78 is 0. The molecule has 8 heteroatoms. The first kappa shape index (κ1) is 12.3. The zero-order chi connectivity index (χ0) is 12.6. The molecule has 4 N–H and O–H groups in total. The molecule has 0 aliphatic carbocycles. The van der Waals surface area contributed by atoms with Gasteiger partial charge in [-0.3, -0.25) is 4.79 Å². The van der Waals surface area contributed by atoms with Crippen LogP contribution in [0.1, 0.15) is 6.42 Å². The average molecular weight is 276 g/mol. The van der Waals surface area contributed by atoms with Gasteiger partial charge in [0.1, 0.15) is 5.69 Å². The second-order valence-electron chi connectivity index (χ2n) is 3.82. The topological polar surface area (TPSA) is 98.1 Å². The fourth-order valence-electron chi connectivity index (χ4n) is 1.80. The summed E-state index contributed by atoms with van der Waals surface area (Å²) in [6.45, 7) is 0.912. The van der Waals surface area contributed by atoms with Crippen LogP contribution < -0.4 is 16.4 Å². The smallest absolute Gasteiger partial charge is 0.227 e. The van der Waals surface area contributed by atoms with Crippen LogP contribution in [-0.4, -0.2) is 29.0 Å². The summed E-state index contributed by atoms with van der Waals surface area (Å²) in [4.78, 5) is 20.8. The number of anilines is 2. The van der Waals surface area contributed by atoms with E-state index in [0.29, 0.717) is 25.2 Å². The molecular formula is C9H11Cl2N5O. The van der Waals surface area contributed by atoms with Crippen molar-refractivity contribution in [3.05, 3.63) is 10.3 Å². The van der Waals surface area contributed by atoms with Gasteiger partial charge in [-0.1, -0.05) is 23.2 Å². The predicted octanol–water partition coefficient (Wildman–Crippen LogP) is 0.677. The van der Waals surface area contributed by atoms with Gasteiger partial charge in [0, 0.05) is 13.0 Å². The number of rotatable bonds is 2. The van der Waals surface area contributed by atoms with Crippen molar-refractivity contribution in [1.82, 2.24) is 9.97 Å². The SMILES string of the molecule is NCC1CC(=O)N(c2c(Cl)nc(N)nc2Cl)C1. The summed E-state index contributed by atoms with van der Waals surface area (Å²) in [6.07, 6.45) is 0.382. The fraction of sp³-hybridized carbons (Fsp3) is 0.444. The van der Waals surface area contributed by atoms with Gasteiger partial charge >= 0.3 is 0 Å². The molecule has 0 aromatic carbocycles. The van der Waals surface area contributed by atoms with E-state index in [-0.39, 0.29) is 28.1 Å². The van der Waals surface area contributed by atoms with Gasteiger partial charge in [0.25, 0.3) is 0 Å². The van der Waals surface area contributed by atoms with Gasteiger partial charge in [-0.2, -0.15) is 9.97 Å². The third-order valence-corrected chi connectivity index (χ3v) is 3.15. The molecular weight excluding hydrogens is 265 g/mol. The highest BCUT2D eigenvalue weighted by Gasteiger charge is 2.33. The molecule has 92 valence electrons. The van der Waals surface area contributed by atoms with E-state index < -0.39 is 0 Å². The largest absolute Gasteiger partial charge is 0.368 e. The van der Waals surface area contributed by atoms with Gasteiger partial charge in [0.15, 0.2) is 10.3 Å². The predicted molar refractivity (Wildman–Crippen MR) is 66.0 cm³/mol. The van der Waals surface area contributed by atoms with Crippen molar-refractivity contribution in [3.63, 3.8) is 0 Å². The first-order valence-electron chi connectivity index (χ1n) is 5.02. The van der Waals surface area contributed by atoms with Gasteiger partial charge in [0.2, 0.25) is 11.9 Å². The highest BCUT2D eigenvalue weighted by atomic mass is 35.5. The van der Waals surface area contributed by atoms with E-state index >= 15 is 0 Å². The molecule has 0 saturated carbocycles. The molecule has 1 amide bonds. The standard InChI is InChI=1S/C9H11Cl2N5O/c10-7-6(8(11)15-9(13)14-7)16-3-4(2-12)1-5(16)17/h4H,1-3,12H2,(H2,13,14,15). The van der Waals surface area contributed by atoms with Gasteiger partial charge in [-0.05, 0) is 12.5 Å². The Morgan fingerprint density at radius 2 is 1.94 bits per heavy atom. The van der Waals surface area contributed by atoms with Crippen LogP contribution in [0.15, 0.2) is 0 Å². The number of nitrogen functional groups attached to an aromatic ring is 1. The normalized spacial score (nSPS) is 20.1.